The molecule has 4 aromatic rings. The molecule has 0 spiro atoms. The minimum absolute atomic E-state index is 0.0988. The van der Waals surface area contributed by atoms with Crippen molar-refractivity contribution in [2.75, 3.05) is 0 Å². The molecule has 2 aliphatic rings. The fourth-order valence-electron chi connectivity index (χ4n) is 4.96. The lowest BCUT2D eigenvalue weighted by Crippen LogP contribution is -2.25. The van der Waals surface area contributed by atoms with Crippen molar-refractivity contribution in [2.45, 2.75) is 36.1 Å². The summed E-state index contributed by atoms with van der Waals surface area (Å²) in [5.74, 6) is -1.39. The third-order valence-corrected chi connectivity index (χ3v) is 8.96. The molecule has 3 aromatic carbocycles. The van der Waals surface area contributed by atoms with Crippen molar-refractivity contribution in [2.24, 2.45) is 11.1 Å². The maximum atomic E-state index is 15.0. The predicted octanol–water partition coefficient (Wildman–Crippen LogP) is 5.74. The van der Waals surface area contributed by atoms with E-state index in [0.29, 0.717) is 39.6 Å². The molecule has 6 rings (SSSR count). The highest BCUT2D eigenvalue weighted by atomic mass is 32.2. The lowest BCUT2D eigenvalue weighted by atomic mass is 9.95. The Morgan fingerprint density at radius 3 is 2.41 bits per heavy atom. The summed E-state index contributed by atoms with van der Waals surface area (Å²) in [6.07, 6.45) is 3.47. The van der Waals surface area contributed by atoms with E-state index in [1.165, 1.54) is 42.1 Å². The molecule has 7 nitrogen and oxygen atoms in total. The van der Waals surface area contributed by atoms with E-state index in [0.717, 1.165) is 36.1 Å². The number of benzene rings is 3. The number of nitrogens with one attached hydrogen (secondary N) is 1. The molecule has 1 aliphatic carbocycles. The second-order valence-corrected chi connectivity index (χ2v) is 12.2. The minimum atomic E-state index is -1.59. The van der Waals surface area contributed by atoms with Gasteiger partial charge in [-0.1, -0.05) is 36.0 Å². The summed E-state index contributed by atoms with van der Waals surface area (Å²) in [6.45, 7) is 0. The molecule has 41 heavy (non-hydrogen) atoms. The summed E-state index contributed by atoms with van der Waals surface area (Å²) < 4.78 is 42.2. The number of hydrogen-bond donors (Lipinski definition) is 3. The molecule has 2 atom stereocenters. The normalized spacial score (nSPS) is 17.2. The molecule has 0 saturated heterocycles. The molecule has 2 heterocycles. The average molecular weight is 593 g/mol. The molecule has 0 radical (unpaired) electrons. The van der Waals surface area contributed by atoms with E-state index in [1.54, 1.807) is 29.7 Å². The summed E-state index contributed by atoms with van der Waals surface area (Å²) >= 11 is 1.33. The zero-order chi connectivity index (χ0) is 28.7. The molecular weight excluding hydrogens is 566 g/mol. The molecule has 1 aromatic heterocycles. The maximum absolute atomic E-state index is 15.0. The van der Waals surface area contributed by atoms with E-state index >= 15 is 4.39 Å². The Kier molecular flexibility index (Phi) is 7.50. The SMILES string of the molecule is NS(=O)c1ccc(Cc2c(-c3ccc(F)c(-c4ccc(F)cc4)c3)nn(C3NC(C(=O)O)=CS3)c2CC2CC2)cc1. The zero-order valence-electron chi connectivity index (χ0n) is 21.7. The fraction of sp³-hybridized carbons (Fsp3) is 0.200. The van der Waals surface area contributed by atoms with Crippen LogP contribution >= 0.6 is 11.8 Å². The molecule has 1 fully saturated rings. The van der Waals surface area contributed by atoms with Crippen LogP contribution in [0.5, 0.6) is 0 Å². The van der Waals surface area contributed by atoms with Crippen LogP contribution in [0.3, 0.4) is 0 Å². The molecule has 4 N–H and O–H groups in total. The van der Waals surface area contributed by atoms with Crippen LogP contribution in [0, 0.1) is 17.6 Å². The van der Waals surface area contributed by atoms with Gasteiger partial charge in [-0.3, -0.25) is 0 Å². The topological polar surface area (TPSA) is 110 Å². The van der Waals surface area contributed by atoms with Crippen molar-refractivity contribution in [3.63, 3.8) is 0 Å². The number of carboxylic acids is 1. The standard InChI is InChI=1S/C30H26F2N4O3S2/c31-21-8-5-19(6-9-21)23-15-20(7-12-25(23)32)28-24(13-17-3-10-22(11-4-17)41(33)39)27(14-18-1-2-18)36(35-28)30-34-26(16-40-30)29(37)38/h3-12,15-16,18,30,34H,1-2,13-14,33H2,(H,37,38). The second kappa shape index (κ2) is 11.2. The third kappa shape index (κ3) is 5.83. The van der Waals surface area contributed by atoms with Crippen LogP contribution in [0.1, 0.15) is 35.2 Å². The third-order valence-electron chi connectivity index (χ3n) is 7.28. The molecule has 11 heteroatoms. The molecule has 2 unspecified atom stereocenters. The molecule has 0 amide bonds. The fourth-order valence-corrected chi connectivity index (χ4v) is 6.28. The first-order valence-corrected chi connectivity index (χ1v) is 15.2. The van der Waals surface area contributed by atoms with Gasteiger partial charge in [-0.2, -0.15) is 5.10 Å². The van der Waals surface area contributed by atoms with Crippen LogP contribution in [-0.4, -0.2) is 25.1 Å². The van der Waals surface area contributed by atoms with Gasteiger partial charge in [-0.25, -0.2) is 27.6 Å². The highest BCUT2D eigenvalue weighted by Crippen LogP contribution is 2.41. The highest BCUT2D eigenvalue weighted by Gasteiger charge is 2.32. The Morgan fingerprint density at radius 1 is 1.07 bits per heavy atom. The Bertz CT molecular complexity index is 1680. The smallest absolute Gasteiger partial charge is 0.352 e. The minimum Gasteiger partial charge on any atom is -0.477 e. The number of nitrogens with two attached hydrogens (primary N) is 1. The van der Waals surface area contributed by atoms with Gasteiger partial charge in [0.2, 0.25) is 0 Å². The van der Waals surface area contributed by atoms with Gasteiger partial charge >= 0.3 is 5.97 Å². The van der Waals surface area contributed by atoms with E-state index in [1.807, 2.05) is 16.8 Å². The summed E-state index contributed by atoms with van der Waals surface area (Å²) in [5.41, 5.74) is 4.72. The van der Waals surface area contributed by atoms with Gasteiger partial charge in [0.15, 0.2) is 5.50 Å². The second-order valence-electron chi connectivity index (χ2n) is 10.2. The number of halogens is 2. The predicted molar refractivity (Wildman–Crippen MR) is 155 cm³/mol. The van der Waals surface area contributed by atoms with Crippen molar-refractivity contribution >= 4 is 28.7 Å². The van der Waals surface area contributed by atoms with Crippen molar-refractivity contribution < 1.29 is 22.9 Å². The molecule has 210 valence electrons. The summed E-state index contributed by atoms with van der Waals surface area (Å²) in [5, 5.41) is 24.7. The number of aliphatic carboxylic acids is 1. The number of carboxylic acid groups (broad SMARTS) is 1. The van der Waals surface area contributed by atoms with Crippen LogP contribution in [0.4, 0.5) is 8.78 Å². The number of carbonyl (C=O) groups is 1. The van der Waals surface area contributed by atoms with Gasteiger partial charge in [-0.05, 0) is 78.8 Å². The Balaban J connectivity index is 1.48. The van der Waals surface area contributed by atoms with Crippen LogP contribution in [0.25, 0.3) is 22.4 Å². The number of nitrogens with zero attached hydrogens (tertiary/aromatic N) is 2. The Labute approximate surface area is 242 Å². The Morgan fingerprint density at radius 2 is 1.78 bits per heavy atom. The number of thioether (sulfide) groups is 1. The van der Waals surface area contributed by atoms with Crippen molar-refractivity contribution in [3.8, 4) is 22.4 Å². The average Bonchev–Trinajstić information content (AvgIpc) is 3.52. The van der Waals surface area contributed by atoms with Crippen molar-refractivity contribution in [1.29, 1.82) is 0 Å². The van der Waals surface area contributed by atoms with Crippen molar-refractivity contribution in [1.82, 2.24) is 15.1 Å². The number of aromatic nitrogens is 2. The van der Waals surface area contributed by atoms with Gasteiger partial charge in [-0.15, -0.1) is 0 Å². The quantitative estimate of drug-likeness (QED) is 0.229. The summed E-state index contributed by atoms with van der Waals surface area (Å²) in [7, 11) is -1.59. The molecule has 1 aliphatic heterocycles. The molecular formula is C30H26F2N4O3S2. The highest BCUT2D eigenvalue weighted by molar-refractivity contribution is 8.02. The monoisotopic (exact) mass is 592 g/mol. The van der Waals surface area contributed by atoms with E-state index < -0.39 is 34.1 Å². The van der Waals surface area contributed by atoms with E-state index in [9.17, 15) is 18.5 Å². The Hall–Kier alpha value is -3.80. The number of rotatable bonds is 9. The van der Waals surface area contributed by atoms with E-state index in [2.05, 4.69) is 5.32 Å². The lowest BCUT2D eigenvalue weighted by Gasteiger charge is -2.16. The maximum Gasteiger partial charge on any atom is 0.352 e. The van der Waals surface area contributed by atoms with Crippen LogP contribution in [0.2, 0.25) is 0 Å². The van der Waals surface area contributed by atoms with Crippen molar-refractivity contribution in [3.05, 3.63) is 106 Å². The zero-order valence-corrected chi connectivity index (χ0v) is 23.4. The van der Waals surface area contributed by atoms with Crippen LogP contribution in [0.15, 0.2) is 82.7 Å². The first kappa shape index (κ1) is 27.4. The lowest BCUT2D eigenvalue weighted by molar-refractivity contribution is -0.133. The largest absolute Gasteiger partial charge is 0.477 e. The summed E-state index contributed by atoms with van der Waals surface area (Å²) in [4.78, 5) is 12.1. The van der Waals surface area contributed by atoms with Gasteiger partial charge in [0.05, 0.1) is 10.6 Å². The van der Waals surface area contributed by atoms with Crippen LogP contribution in [-0.2, 0) is 28.6 Å². The van der Waals surface area contributed by atoms with Gasteiger partial charge in [0.25, 0.3) is 0 Å². The van der Waals surface area contributed by atoms with Gasteiger partial charge in [0.1, 0.15) is 28.3 Å². The first-order chi connectivity index (χ1) is 19.8. The van der Waals surface area contributed by atoms with E-state index in [-0.39, 0.29) is 5.70 Å². The van der Waals surface area contributed by atoms with Gasteiger partial charge < -0.3 is 10.4 Å². The van der Waals surface area contributed by atoms with E-state index in [4.69, 9.17) is 10.2 Å². The van der Waals surface area contributed by atoms with Crippen LogP contribution < -0.4 is 10.5 Å². The first-order valence-electron chi connectivity index (χ1n) is 13.0. The number of hydrogen-bond acceptors (Lipinski definition) is 5. The molecule has 1 saturated carbocycles. The summed E-state index contributed by atoms with van der Waals surface area (Å²) in [6, 6.07) is 17.7. The van der Waals surface area contributed by atoms with Gasteiger partial charge in [0, 0.05) is 34.2 Å². The molecule has 0 bridgehead atoms.